The van der Waals surface area contributed by atoms with Crippen molar-refractivity contribution in [3.8, 4) is 0 Å². The zero-order valence-corrected chi connectivity index (χ0v) is 8.86. The summed E-state index contributed by atoms with van der Waals surface area (Å²) >= 11 is 5.07. The Morgan fingerprint density at radius 1 is 1.67 bits per heavy atom. The maximum Gasteiger partial charge on any atom is 0.259 e. The van der Waals surface area contributed by atoms with E-state index < -0.39 is 0 Å². The molecule has 0 heterocycles. The van der Waals surface area contributed by atoms with Gasteiger partial charge in [-0.05, 0) is 33.0 Å². The second kappa shape index (κ2) is 6.00. The van der Waals surface area contributed by atoms with Crippen molar-refractivity contribution in [2.75, 3.05) is 13.2 Å². The highest BCUT2D eigenvalue weighted by molar-refractivity contribution is 7.80. The Bertz CT molecular complexity index is 157. The molecule has 0 amide bonds. The lowest BCUT2D eigenvalue weighted by atomic mass is 10.3. The van der Waals surface area contributed by atoms with E-state index >= 15 is 0 Å². The van der Waals surface area contributed by atoms with Crippen LogP contribution in [0.1, 0.15) is 20.8 Å². The summed E-state index contributed by atoms with van der Waals surface area (Å²) in [5, 5.41) is 0.562. The van der Waals surface area contributed by atoms with Crippen molar-refractivity contribution in [2.24, 2.45) is 0 Å². The third kappa shape index (κ3) is 3.72. The van der Waals surface area contributed by atoms with Crippen LogP contribution in [0.5, 0.6) is 0 Å². The molecule has 0 aromatic rings. The van der Waals surface area contributed by atoms with Gasteiger partial charge in [0.2, 0.25) is 0 Å². The van der Waals surface area contributed by atoms with Crippen molar-refractivity contribution in [2.45, 2.75) is 26.8 Å². The van der Waals surface area contributed by atoms with Crippen LogP contribution in [0.3, 0.4) is 0 Å². The lowest BCUT2D eigenvalue weighted by Crippen LogP contribution is -2.37. The Hall–Kier alpha value is -0.570. The molecule has 3 heteroatoms. The summed E-state index contributed by atoms with van der Waals surface area (Å²) < 4.78 is 5.23. The molecular formula is C9H17NOS. The highest BCUT2D eigenvalue weighted by Gasteiger charge is 2.11. The second-order valence-corrected chi connectivity index (χ2v) is 3.08. The summed E-state index contributed by atoms with van der Waals surface area (Å²) in [6.45, 7) is 11.1. The van der Waals surface area contributed by atoms with Crippen LogP contribution in [0.2, 0.25) is 0 Å². The van der Waals surface area contributed by atoms with Gasteiger partial charge in [0.05, 0.1) is 6.61 Å². The fourth-order valence-corrected chi connectivity index (χ4v) is 1.24. The number of nitrogens with zero attached hydrogens (tertiary/aromatic N) is 1. The molecule has 0 bridgehead atoms. The van der Waals surface area contributed by atoms with E-state index in [0.717, 1.165) is 6.54 Å². The summed E-state index contributed by atoms with van der Waals surface area (Å²) in [5.74, 6) is 0. The van der Waals surface area contributed by atoms with E-state index in [1.165, 1.54) is 0 Å². The van der Waals surface area contributed by atoms with E-state index in [2.05, 4.69) is 20.4 Å². The predicted molar refractivity (Wildman–Crippen MR) is 56.3 cm³/mol. The minimum absolute atomic E-state index is 0.363. The van der Waals surface area contributed by atoms with E-state index in [9.17, 15) is 0 Å². The molecule has 0 atom stereocenters. The first-order valence-electron chi connectivity index (χ1n) is 4.17. The van der Waals surface area contributed by atoms with Crippen LogP contribution in [0, 0.1) is 0 Å². The Morgan fingerprint density at radius 2 is 2.25 bits per heavy atom. The first-order chi connectivity index (χ1) is 5.63. The van der Waals surface area contributed by atoms with Gasteiger partial charge in [0, 0.05) is 12.6 Å². The molecule has 0 radical (unpaired) electrons. The van der Waals surface area contributed by atoms with Gasteiger partial charge in [-0.25, -0.2) is 0 Å². The molecule has 0 rings (SSSR count). The zero-order valence-electron chi connectivity index (χ0n) is 8.04. The summed E-state index contributed by atoms with van der Waals surface area (Å²) in [4.78, 5) is 1.99. The van der Waals surface area contributed by atoms with Crippen LogP contribution in [0.15, 0.2) is 12.7 Å². The molecule has 0 unspecified atom stereocenters. The summed E-state index contributed by atoms with van der Waals surface area (Å²) in [6, 6.07) is 0.363. The number of thiocarbonyl (C=S) groups is 1. The van der Waals surface area contributed by atoms with Crippen molar-refractivity contribution in [1.29, 1.82) is 0 Å². The first kappa shape index (κ1) is 11.4. The molecule has 0 aliphatic rings. The largest absolute Gasteiger partial charge is 0.471 e. The van der Waals surface area contributed by atoms with E-state index in [0.29, 0.717) is 17.8 Å². The van der Waals surface area contributed by atoms with E-state index in [1.54, 1.807) is 0 Å². The number of hydrogen-bond acceptors (Lipinski definition) is 2. The molecule has 0 aliphatic carbocycles. The van der Waals surface area contributed by atoms with Crippen molar-refractivity contribution in [3.05, 3.63) is 12.7 Å². The number of hydrogen-bond donors (Lipinski definition) is 0. The molecule has 0 aliphatic heterocycles. The molecule has 0 spiro atoms. The third-order valence-electron chi connectivity index (χ3n) is 1.45. The fourth-order valence-electron chi connectivity index (χ4n) is 0.842. The van der Waals surface area contributed by atoms with E-state index in [4.69, 9.17) is 17.0 Å². The summed E-state index contributed by atoms with van der Waals surface area (Å²) in [6.07, 6.45) is 1.82. The molecule has 0 saturated carbocycles. The van der Waals surface area contributed by atoms with Gasteiger partial charge in [0.25, 0.3) is 5.17 Å². The Balaban J connectivity index is 4.08. The van der Waals surface area contributed by atoms with Gasteiger partial charge >= 0.3 is 0 Å². The molecule has 0 fully saturated rings. The highest BCUT2D eigenvalue weighted by Crippen LogP contribution is 2.01. The average Bonchev–Trinajstić information content (AvgIpc) is 1.99. The van der Waals surface area contributed by atoms with Gasteiger partial charge in [-0.15, -0.1) is 6.58 Å². The molecular weight excluding hydrogens is 170 g/mol. The van der Waals surface area contributed by atoms with Gasteiger partial charge in [-0.1, -0.05) is 6.08 Å². The van der Waals surface area contributed by atoms with E-state index in [1.807, 2.05) is 17.9 Å². The highest BCUT2D eigenvalue weighted by atomic mass is 32.1. The van der Waals surface area contributed by atoms with Crippen LogP contribution >= 0.6 is 12.2 Å². The minimum atomic E-state index is 0.363. The smallest absolute Gasteiger partial charge is 0.259 e. The quantitative estimate of drug-likeness (QED) is 0.494. The SMILES string of the molecule is C=CCN(C(=S)OCC)C(C)C. The topological polar surface area (TPSA) is 12.5 Å². The summed E-state index contributed by atoms with van der Waals surface area (Å²) in [7, 11) is 0. The summed E-state index contributed by atoms with van der Waals surface area (Å²) in [5.41, 5.74) is 0. The Kier molecular flexibility index (Phi) is 5.72. The Labute approximate surface area is 80.2 Å². The molecule has 12 heavy (non-hydrogen) atoms. The van der Waals surface area contributed by atoms with Gasteiger partial charge in [0.1, 0.15) is 0 Å². The van der Waals surface area contributed by atoms with Gasteiger partial charge in [-0.2, -0.15) is 0 Å². The molecule has 0 N–H and O–H groups in total. The van der Waals surface area contributed by atoms with Gasteiger partial charge in [-0.3, -0.25) is 0 Å². The molecule has 0 aromatic heterocycles. The molecule has 0 saturated heterocycles. The van der Waals surface area contributed by atoms with Crippen LogP contribution in [-0.4, -0.2) is 29.3 Å². The standard InChI is InChI=1S/C9H17NOS/c1-5-7-10(8(3)4)9(12)11-6-2/h5,8H,1,6-7H2,2-4H3. The van der Waals surface area contributed by atoms with E-state index in [-0.39, 0.29) is 0 Å². The van der Waals surface area contributed by atoms with Crippen molar-refractivity contribution in [1.82, 2.24) is 4.90 Å². The average molecular weight is 187 g/mol. The first-order valence-corrected chi connectivity index (χ1v) is 4.58. The number of rotatable bonds is 4. The fraction of sp³-hybridized carbons (Fsp3) is 0.667. The van der Waals surface area contributed by atoms with Crippen molar-refractivity contribution >= 4 is 17.4 Å². The minimum Gasteiger partial charge on any atom is -0.471 e. The number of ether oxygens (including phenoxy) is 1. The third-order valence-corrected chi connectivity index (χ3v) is 1.80. The lowest BCUT2D eigenvalue weighted by molar-refractivity contribution is 0.242. The second-order valence-electron chi connectivity index (χ2n) is 2.73. The molecule has 2 nitrogen and oxygen atoms in total. The van der Waals surface area contributed by atoms with Crippen molar-refractivity contribution in [3.63, 3.8) is 0 Å². The lowest BCUT2D eigenvalue weighted by Gasteiger charge is -2.26. The van der Waals surface area contributed by atoms with Gasteiger partial charge < -0.3 is 9.64 Å². The predicted octanol–water partition coefficient (Wildman–Crippen LogP) is 2.20. The van der Waals surface area contributed by atoms with Crippen LogP contribution < -0.4 is 0 Å². The van der Waals surface area contributed by atoms with Crippen molar-refractivity contribution < 1.29 is 4.74 Å². The maximum absolute atomic E-state index is 5.23. The maximum atomic E-state index is 5.23. The molecule has 70 valence electrons. The van der Waals surface area contributed by atoms with Crippen LogP contribution in [-0.2, 0) is 4.74 Å². The Morgan fingerprint density at radius 3 is 2.58 bits per heavy atom. The molecule has 0 aromatic carbocycles. The monoisotopic (exact) mass is 187 g/mol. The zero-order chi connectivity index (χ0) is 9.56. The van der Waals surface area contributed by atoms with Gasteiger partial charge in [0.15, 0.2) is 0 Å². The normalized spacial score (nSPS) is 9.67. The van der Waals surface area contributed by atoms with Crippen LogP contribution in [0.25, 0.3) is 0 Å². The van der Waals surface area contributed by atoms with Crippen LogP contribution in [0.4, 0.5) is 0 Å².